The third-order valence-corrected chi connectivity index (χ3v) is 2.12. The molecule has 0 aromatic carbocycles. The van der Waals surface area contributed by atoms with E-state index in [2.05, 4.69) is 0 Å². The third-order valence-electron chi connectivity index (χ3n) is 2.12. The van der Waals surface area contributed by atoms with E-state index in [1.807, 2.05) is 13.0 Å². The molecular weight excluding hydrogens is 166 g/mol. The van der Waals surface area contributed by atoms with E-state index in [-0.39, 0.29) is 0 Å². The van der Waals surface area contributed by atoms with E-state index in [9.17, 15) is 5.11 Å². The summed E-state index contributed by atoms with van der Waals surface area (Å²) in [7, 11) is 0. The molecule has 3 nitrogen and oxygen atoms in total. The summed E-state index contributed by atoms with van der Waals surface area (Å²) in [6, 6.07) is 3.82. The summed E-state index contributed by atoms with van der Waals surface area (Å²) in [5, 5.41) is 18.6. The first kappa shape index (κ1) is 9.82. The monoisotopic (exact) mass is 179 g/mol. The van der Waals surface area contributed by atoms with Gasteiger partial charge < -0.3 is 9.52 Å². The van der Waals surface area contributed by atoms with Crippen LogP contribution in [0.5, 0.6) is 0 Å². The van der Waals surface area contributed by atoms with Crippen LogP contribution in [0.2, 0.25) is 0 Å². The normalized spacial score (nSPS) is 13.8. The zero-order valence-corrected chi connectivity index (χ0v) is 8.03. The summed E-state index contributed by atoms with van der Waals surface area (Å²) in [5.41, 5.74) is 0.0543. The van der Waals surface area contributed by atoms with E-state index in [1.54, 1.807) is 19.9 Å². The van der Waals surface area contributed by atoms with Crippen LogP contribution in [-0.4, -0.2) is 5.11 Å². The third kappa shape index (κ3) is 1.73. The van der Waals surface area contributed by atoms with Crippen LogP contribution in [0.25, 0.3) is 0 Å². The molecular formula is C10H13NO2. The van der Waals surface area contributed by atoms with Gasteiger partial charge in [-0.15, -0.1) is 0 Å². The Balaban J connectivity index is 3.00. The minimum absolute atomic E-state index is 0.478. The van der Waals surface area contributed by atoms with Gasteiger partial charge in [-0.1, -0.05) is 0 Å². The van der Waals surface area contributed by atoms with Crippen molar-refractivity contribution in [3.05, 3.63) is 23.7 Å². The van der Waals surface area contributed by atoms with Gasteiger partial charge in [0.1, 0.15) is 11.9 Å². The first-order valence-corrected chi connectivity index (χ1v) is 4.12. The van der Waals surface area contributed by atoms with E-state index < -0.39 is 11.5 Å². The molecule has 0 bridgehead atoms. The molecule has 0 fully saturated rings. The SMILES string of the molecule is Cc1ccoc1C(O)C(C)(C)C#N. The van der Waals surface area contributed by atoms with Crippen molar-refractivity contribution in [3.8, 4) is 6.07 Å². The molecule has 13 heavy (non-hydrogen) atoms. The molecule has 0 spiro atoms. The minimum Gasteiger partial charge on any atom is -0.466 e. The molecule has 1 atom stereocenters. The molecule has 0 aliphatic carbocycles. The maximum Gasteiger partial charge on any atom is 0.136 e. The number of hydrogen-bond acceptors (Lipinski definition) is 3. The molecule has 1 rings (SSSR count). The number of nitriles is 1. The summed E-state index contributed by atoms with van der Waals surface area (Å²) in [4.78, 5) is 0. The zero-order chi connectivity index (χ0) is 10.1. The second kappa shape index (κ2) is 3.23. The Hall–Kier alpha value is -1.27. The smallest absolute Gasteiger partial charge is 0.136 e. The molecule has 1 N–H and O–H groups in total. The summed E-state index contributed by atoms with van der Waals surface area (Å²) < 4.78 is 5.11. The lowest BCUT2D eigenvalue weighted by Crippen LogP contribution is -2.19. The van der Waals surface area contributed by atoms with Gasteiger partial charge in [-0.2, -0.15) is 5.26 Å². The van der Waals surface area contributed by atoms with Gasteiger partial charge in [-0.05, 0) is 32.4 Å². The van der Waals surface area contributed by atoms with Gasteiger partial charge in [-0.3, -0.25) is 0 Å². The Bertz CT molecular complexity index is 333. The maximum absolute atomic E-state index is 9.80. The molecule has 70 valence electrons. The Labute approximate surface area is 77.6 Å². The van der Waals surface area contributed by atoms with Gasteiger partial charge in [0.05, 0.1) is 17.7 Å². The topological polar surface area (TPSA) is 57.2 Å². The lowest BCUT2D eigenvalue weighted by Gasteiger charge is -2.21. The van der Waals surface area contributed by atoms with Crippen molar-refractivity contribution >= 4 is 0 Å². The number of aliphatic hydroxyl groups is 1. The van der Waals surface area contributed by atoms with E-state index in [4.69, 9.17) is 9.68 Å². The molecule has 1 unspecified atom stereocenters. The van der Waals surface area contributed by atoms with Crippen LogP contribution in [0, 0.1) is 23.7 Å². The van der Waals surface area contributed by atoms with E-state index in [0.717, 1.165) is 5.56 Å². The number of aliphatic hydroxyl groups excluding tert-OH is 1. The molecule has 0 saturated carbocycles. The molecule has 0 radical (unpaired) electrons. The Morgan fingerprint density at radius 1 is 1.62 bits per heavy atom. The average Bonchev–Trinajstić information content (AvgIpc) is 2.50. The number of rotatable bonds is 2. The summed E-state index contributed by atoms with van der Waals surface area (Å²) in [6.45, 7) is 5.20. The summed E-state index contributed by atoms with van der Waals surface area (Å²) in [5.74, 6) is 0.478. The van der Waals surface area contributed by atoms with Crippen molar-refractivity contribution in [2.45, 2.75) is 26.9 Å². The van der Waals surface area contributed by atoms with Crippen LogP contribution >= 0.6 is 0 Å². The van der Waals surface area contributed by atoms with E-state index in [1.165, 1.54) is 6.26 Å². The van der Waals surface area contributed by atoms with Crippen molar-refractivity contribution in [1.82, 2.24) is 0 Å². The lowest BCUT2D eigenvalue weighted by atomic mass is 9.86. The summed E-state index contributed by atoms with van der Waals surface area (Å²) >= 11 is 0. The number of hydrogen-bond donors (Lipinski definition) is 1. The van der Waals surface area contributed by atoms with Gasteiger partial charge in [0.25, 0.3) is 0 Å². The molecule has 1 aromatic heterocycles. The maximum atomic E-state index is 9.80. The van der Waals surface area contributed by atoms with Crippen molar-refractivity contribution in [1.29, 1.82) is 5.26 Å². The number of furan rings is 1. The lowest BCUT2D eigenvalue weighted by molar-refractivity contribution is 0.0649. The molecule has 0 aliphatic heterocycles. The molecule has 3 heteroatoms. The fraction of sp³-hybridized carbons (Fsp3) is 0.500. The van der Waals surface area contributed by atoms with Crippen LogP contribution in [0.4, 0.5) is 0 Å². The summed E-state index contributed by atoms with van der Waals surface area (Å²) in [6.07, 6.45) is 0.647. The van der Waals surface area contributed by atoms with Crippen molar-refractivity contribution in [2.24, 2.45) is 5.41 Å². The quantitative estimate of drug-likeness (QED) is 0.756. The van der Waals surface area contributed by atoms with E-state index >= 15 is 0 Å². The highest BCUT2D eigenvalue weighted by Crippen LogP contribution is 2.34. The predicted octanol–water partition coefficient (Wildman–Crippen LogP) is 2.17. The highest BCUT2D eigenvalue weighted by molar-refractivity contribution is 5.20. The first-order valence-electron chi connectivity index (χ1n) is 4.12. The predicted molar refractivity (Wildman–Crippen MR) is 47.8 cm³/mol. The molecule has 0 aliphatic rings. The van der Waals surface area contributed by atoms with Crippen LogP contribution in [0.15, 0.2) is 16.7 Å². The van der Waals surface area contributed by atoms with Gasteiger partial charge in [-0.25, -0.2) is 0 Å². The minimum atomic E-state index is -0.868. The van der Waals surface area contributed by atoms with Gasteiger partial charge in [0.15, 0.2) is 0 Å². The van der Waals surface area contributed by atoms with Gasteiger partial charge >= 0.3 is 0 Å². The average molecular weight is 179 g/mol. The standard InChI is InChI=1S/C10H13NO2/c1-7-4-5-13-8(7)9(12)10(2,3)6-11/h4-5,9,12H,1-3H3. The Kier molecular flexibility index (Phi) is 2.44. The van der Waals surface area contributed by atoms with Crippen LogP contribution < -0.4 is 0 Å². The molecule has 0 saturated heterocycles. The molecule has 1 heterocycles. The number of nitrogens with zero attached hydrogens (tertiary/aromatic N) is 1. The fourth-order valence-corrected chi connectivity index (χ4v) is 1.05. The van der Waals surface area contributed by atoms with E-state index in [0.29, 0.717) is 5.76 Å². The Morgan fingerprint density at radius 3 is 2.62 bits per heavy atom. The Morgan fingerprint density at radius 2 is 2.23 bits per heavy atom. The fourth-order valence-electron chi connectivity index (χ4n) is 1.05. The van der Waals surface area contributed by atoms with Crippen molar-refractivity contribution in [2.75, 3.05) is 0 Å². The largest absolute Gasteiger partial charge is 0.466 e. The van der Waals surface area contributed by atoms with Crippen LogP contribution in [0.1, 0.15) is 31.3 Å². The second-order valence-corrected chi connectivity index (χ2v) is 3.70. The van der Waals surface area contributed by atoms with Crippen LogP contribution in [-0.2, 0) is 0 Å². The molecule has 0 amide bonds. The highest BCUT2D eigenvalue weighted by Gasteiger charge is 2.32. The zero-order valence-electron chi connectivity index (χ0n) is 8.03. The van der Waals surface area contributed by atoms with Gasteiger partial charge in [0.2, 0.25) is 0 Å². The first-order chi connectivity index (χ1) is 5.99. The molecule has 1 aromatic rings. The van der Waals surface area contributed by atoms with Gasteiger partial charge in [0, 0.05) is 0 Å². The number of aryl methyl sites for hydroxylation is 1. The van der Waals surface area contributed by atoms with Crippen LogP contribution in [0.3, 0.4) is 0 Å². The van der Waals surface area contributed by atoms with Crippen molar-refractivity contribution in [3.63, 3.8) is 0 Å². The highest BCUT2D eigenvalue weighted by atomic mass is 16.4. The second-order valence-electron chi connectivity index (χ2n) is 3.70. The van der Waals surface area contributed by atoms with Crippen molar-refractivity contribution < 1.29 is 9.52 Å².